The van der Waals surface area contributed by atoms with Crippen LogP contribution in [0.4, 0.5) is 5.69 Å². The fourth-order valence-electron chi connectivity index (χ4n) is 1.86. The van der Waals surface area contributed by atoms with Gasteiger partial charge in [0, 0.05) is 11.1 Å². The first kappa shape index (κ1) is 14.6. The molecule has 0 aliphatic heterocycles. The molecule has 0 saturated carbocycles. The van der Waals surface area contributed by atoms with Crippen LogP contribution in [0.3, 0.4) is 0 Å². The Balaban J connectivity index is 3.94. The molecule has 0 atom stereocenters. The number of aromatic carboxylic acids is 1. The molecule has 0 radical (unpaired) electrons. The molecular formula is C13H13NO5. The van der Waals surface area contributed by atoms with Gasteiger partial charge in [-0.3, -0.25) is 14.4 Å². The van der Waals surface area contributed by atoms with Gasteiger partial charge in [-0.25, -0.2) is 4.79 Å². The van der Waals surface area contributed by atoms with Crippen LogP contribution in [0.1, 0.15) is 62.2 Å². The summed E-state index contributed by atoms with van der Waals surface area (Å²) in [6.07, 6.45) is 0. The van der Waals surface area contributed by atoms with E-state index in [2.05, 4.69) is 0 Å². The Kier molecular flexibility index (Phi) is 3.84. The van der Waals surface area contributed by atoms with E-state index >= 15 is 0 Å². The third-order valence-electron chi connectivity index (χ3n) is 2.69. The van der Waals surface area contributed by atoms with Crippen molar-refractivity contribution in [1.82, 2.24) is 0 Å². The number of carbonyl (C=O) groups is 4. The van der Waals surface area contributed by atoms with Crippen molar-refractivity contribution in [1.29, 1.82) is 0 Å². The first-order chi connectivity index (χ1) is 8.68. The maximum absolute atomic E-state index is 11.6. The summed E-state index contributed by atoms with van der Waals surface area (Å²) in [5, 5.41) is 9.15. The van der Waals surface area contributed by atoms with E-state index in [1.165, 1.54) is 6.92 Å². The number of nitrogens with two attached hydrogens (primary N) is 1. The zero-order chi connectivity index (χ0) is 14.9. The van der Waals surface area contributed by atoms with Gasteiger partial charge in [-0.1, -0.05) is 0 Å². The Morgan fingerprint density at radius 1 is 0.895 bits per heavy atom. The fraction of sp³-hybridized carbons (Fsp3) is 0.231. The van der Waals surface area contributed by atoms with Crippen molar-refractivity contribution < 1.29 is 24.3 Å². The standard InChI is InChI=1S/C13H13NO5/c1-5(15)8-4-9(6(2)16)12(14)10(7(3)17)11(8)13(18)19/h4H,14H2,1-3H3,(H,18,19). The van der Waals surface area contributed by atoms with Crippen LogP contribution in [0.15, 0.2) is 6.07 Å². The molecular weight excluding hydrogens is 250 g/mol. The van der Waals surface area contributed by atoms with E-state index in [9.17, 15) is 19.2 Å². The van der Waals surface area contributed by atoms with Crippen molar-refractivity contribution >= 4 is 29.0 Å². The number of carbonyl (C=O) groups excluding carboxylic acids is 3. The molecule has 3 N–H and O–H groups in total. The summed E-state index contributed by atoms with van der Waals surface area (Å²) in [5.74, 6) is -3.04. The van der Waals surface area contributed by atoms with E-state index in [0.717, 1.165) is 19.9 Å². The molecule has 1 aromatic carbocycles. The molecule has 0 aliphatic carbocycles. The Morgan fingerprint density at radius 2 is 1.37 bits per heavy atom. The normalized spacial score (nSPS) is 10.1. The maximum Gasteiger partial charge on any atom is 0.337 e. The van der Waals surface area contributed by atoms with Gasteiger partial charge in [-0.05, 0) is 26.8 Å². The van der Waals surface area contributed by atoms with Crippen molar-refractivity contribution in [3.05, 3.63) is 28.3 Å². The third kappa shape index (κ3) is 2.52. The largest absolute Gasteiger partial charge is 0.478 e. The van der Waals surface area contributed by atoms with Gasteiger partial charge >= 0.3 is 5.97 Å². The molecule has 100 valence electrons. The Labute approximate surface area is 109 Å². The van der Waals surface area contributed by atoms with Crippen LogP contribution >= 0.6 is 0 Å². The highest BCUT2D eigenvalue weighted by Crippen LogP contribution is 2.27. The second-order valence-electron chi connectivity index (χ2n) is 4.11. The molecule has 0 saturated heterocycles. The van der Waals surface area contributed by atoms with Crippen molar-refractivity contribution in [2.45, 2.75) is 20.8 Å². The van der Waals surface area contributed by atoms with Crippen LogP contribution in [-0.2, 0) is 0 Å². The van der Waals surface area contributed by atoms with Crippen LogP contribution in [0.2, 0.25) is 0 Å². The molecule has 0 fully saturated rings. The molecule has 0 aliphatic rings. The lowest BCUT2D eigenvalue weighted by atomic mass is 9.90. The number of carboxylic acids is 1. The highest BCUT2D eigenvalue weighted by molar-refractivity contribution is 6.18. The Hall–Kier alpha value is -2.50. The molecule has 0 spiro atoms. The molecule has 6 heteroatoms. The minimum atomic E-state index is -1.43. The molecule has 0 heterocycles. The van der Waals surface area contributed by atoms with Crippen LogP contribution < -0.4 is 5.73 Å². The van der Waals surface area contributed by atoms with Gasteiger partial charge in [0.15, 0.2) is 17.3 Å². The number of Topliss-reactive ketones (excluding diaryl/α,β-unsaturated/α-hetero) is 3. The van der Waals surface area contributed by atoms with Crippen LogP contribution in [-0.4, -0.2) is 28.4 Å². The lowest BCUT2D eigenvalue weighted by molar-refractivity contribution is 0.0687. The van der Waals surface area contributed by atoms with Crippen molar-refractivity contribution in [3.8, 4) is 0 Å². The first-order valence-corrected chi connectivity index (χ1v) is 5.41. The quantitative estimate of drug-likeness (QED) is 0.629. The Bertz CT molecular complexity index is 616. The summed E-state index contributed by atoms with van der Waals surface area (Å²) < 4.78 is 0. The highest BCUT2D eigenvalue weighted by atomic mass is 16.4. The third-order valence-corrected chi connectivity index (χ3v) is 2.69. The number of hydrogen-bond acceptors (Lipinski definition) is 5. The fourth-order valence-corrected chi connectivity index (χ4v) is 1.86. The summed E-state index contributed by atoms with van der Waals surface area (Å²) in [6, 6.07) is 1.12. The van der Waals surface area contributed by atoms with Gasteiger partial charge in [0.1, 0.15) is 0 Å². The van der Waals surface area contributed by atoms with E-state index in [4.69, 9.17) is 10.8 Å². The van der Waals surface area contributed by atoms with Crippen molar-refractivity contribution in [2.75, 3.05) is 5.73 Å². The predicted octanol–water partition coefficient (Wildman–Crippen LogP) is 1.57. The second kappa shape index (κ2) is 5.01. The van der Waals surface area contributed by atoms with E-state index in [0.29, 0.717) is 0 Å². The lowest BCUT2D eigenvalue weighted by Crippen LogP contribution is -2.18. The lowest BCUT2D eigenvalue weighted by Gasteiger charge is -2.13. The summed E-state index contributed by atoms with van der Waals surface area (Å²) in [4.78, 5) is 45.8. The summed E-state index contributed by atoms with van der Waals surface area (Å²) >= 11 is 0. The smallest absolute Gasteiger partial charge is 0.337 e. The molecule has 19 heavy (non-hydrogen) atoms. The summed E-state index contributed by atoms with van der Waals surface area (Å²) in [5.41, 5.74) is 4.49. The van der Waals surface area contributed by atoms with Crippen molar-refractivity contribution in [2.24, 2.45) is 0 Å². The van der Waals surface area contributed by atoms with E-state index < -0.39 is 28.9 Å². The number of benzene rings is 1. The summed E-state index contributed by atoms with van der Waals surface area (Å²) in [6.45, 7) is 3.51. The zero-order valence-electron chi connectivity index (χ0n) is 10.7. The summed E-state index contributed by atoms with van der Waals surface area (Å²) in [7, 11) is 0. The maximum atomic E-state index is 11.6. The molecule has 0 amide bonds. The van der Waals surface area contributed by atoms with Gasteiger partial charge in [-0.15, -0.1) is 0 Å². The van der Waals surface area contributed by atoms with E-state index in [-0.39, 0.29) is 22.4 Å². The number of rotatable bonds is 4. The van der Waals surface area contributed by atoms with Crippen molar-refractivity contribution in [3.63, 3.8) is 0 Å². The molecule has 6 nitrogen and oxygen atoms in total. The average Bonchev–Trinajstić information content (AvgIpc) is 2.26. The topological polar surface area (TPSA) is 115 Å². The molecule has 0 unspecified atom stereocenters. The van der Waals surface area contributed by atoms with Gasteiger partial charge < -0.3 is 10.8 Å². The van der Waals surface area contributed by atoms with Gasteiger partial charge in [-0.2, -0.15) is 0 Å². The number of carboxylic acid groups (broad SMARTS) is 1. The zero-order valence-corrected chi connectivity index (χ0v) is 10.7. The van der Waals surface area contributed by atoms with Crippen LogP contribution in [0.5, 0.6) is 0 Å². The van der Waals surface area contributed by atoms with Crippen LogP contribution in [0.25, 0.3) is 0 Å². The van der Waals surface area contributed by atoms with Gasteiger partial charge in [0.2, 0.25) is 0 Å². The number of ketones is 3. The molecule has 1 rings (SSSR count). The number of hydrogen-bond donors (Lipinski definition) is 2. The molecule has 0 bridgehead atoms. The monoisotopic (exact) mass is 263 g/mol. The Morgan fingerprint density at radius 3 is 1.68 bits per heavy atom. The molecule has 1 aromatic rings. The SMILES string of the molecule is CC(=O)c1cc(C(C)=O)c(C(=O)O)c(C(C)=O)c1N. The number of nitrogen functional groups attached to an aromatic ring is 1. The minimum Gasteiger partial charge on any atom is -0.478 e. The highest BCUT2D eigenvalue weighted by Gasteiger charge is 2.26. The van der Waals surface area contributed by atoms with Crippen LogP contribution in [0, 0.1) is 0 Å². The van der Waals surface area contributed by atoms with Gasteiger partial charge in [0.05, 0.1) is 16.8 Å². The van der Waals surface area contributed by atoms with Gasteiger partial charge in [0.25, 0.3) is 0 Å². The molecule has 0 aromatic heterocycles. The van der Waals surface area contributed by atoms with E-state index in [1.807, 2.05) is 0 Å². The second-order valence-corrected chi connectivity index (χ2v) is 4.11. The first-order valence-electron chi connectivity index (χ1n) is 5.41. The number of anilines is 1. The minimum absolute atomic E-state index is 0.0274. The predicted molar refractivity (Wildman–Crippen MR) is 67.8 cm³/mol. The van der Waals surface area contributed by atoms with E-state index in [1.54, 1.807) is 0 Å². The average molecular weight is 263 g/mol.